The van der Waals surface area contributed by atoms with E-state index < -0.39 is 11.4 Å². The van der Waals surface area contributed by atoms with E-state index in [4.69, 9.17) is 4.74 Å². The lowest BCUT2D eigenvalue weighted by atomic mass is 9.67. The van der Waals surface area contributed by atoms with Crippen LogP contribution in [0.5, 0.6) is 0 Å². The number of ether oxygens (including phenoxy) is 1. The summed E-state index contributed by atoms with van der Waals surface area (Å²) in [6.07, 6.45) is 2.22. The van der Waals surface area contributed by atoms with Gasteiger partial charge in [-0.15, -0.1) is 0 Å². The molecule has 0 aromatic heterocycles. The van der Waals surface area contributed by atoms with E-state index in [0.29, 0.717) is 31.4 Å². The number of carboxylic acids is 1. The number of benzene rings is 1. The van der Waals surface area contributed by atoms with Gasteiger partial charge in [0, 0.05) is 10.0 Å². The summed E-state index contributed by atoms with van der Waals surface area (Å²) in [5, 5.41) is 9.46. The van der Waals surface area contributed by atoms with E-state index in [0.717, 1.165) is 27.6 Å². The lowest BCUT2D eigenvalue weighted by Crippen LogP contribution is -2.41. The molecule has 22 heavy (non-hydrogen) atoms. The van der Waals surface area contributed by atoms with Crippen LogP contribution in [0.4, 0.5) is 0 Å². The molecule has 1 N–H and O–H groups in total. The van der Waals surface area contributed by atoms with Gasteiger partial charge < -0.3 is 9.84 Å². The van der Waals surface area contributed by atoms with Crippen LogP contribution < -0.4 is 0 Å². The topological polar surface area (TPSA) is 63.6 Å². The molecule has 0 aliphatic heterocycles. The van der Waals surface area contributed by atoms with Crippen molar-refractivity contribution in [1.29, 1.82) is 0 Å². The zero-order valence-electron chi connectivity index (χ0n) is 12.3. The molecular weight excluding hydrogens is 348 g/mol. The van der Waals surface area contributed by atoms with Gasteiger partial charge in [0.05, 0.1) is 6.61 Å². The molecule has 1 aromatic rings. The van der Waals surface area contributed by atoms with E-state index in [9.17, 15) is 14.7 Å². The Labute approximate surface area is 137 Å². The fraction of sp³-hybridized carbons (Fsp3) is 0.412. The minimum Gasteiger partial charge on any atom is -0.478 e. The van der Waals surface area contributed by atoms with Crippen LogP contribution >= 0.6 is 15.9 Å². The van der Waals surface area contributed by atoms with Crippen LogP contribution in [0.15, 0.2) is 33.8 Å². The number of carbonyl (C=O) groups is 2. The second-order valence-electron chi connectivity index (χ2n) is 5.65. The molecule has 2 aliphatic carbocycles. The third kappa shape index (κ3) is 2.02. The second-order valence-corrected chi connectivity index (χ2v) is 6.51. The highest BCUT2D eigenvalue weighted by Gasteiger charge is 2.53. The van der Waals surface area contributed by atoms with Gasteiger partial charge in [0.1, 0.15) is 5.41 Å². The summed E-state index contributed by atoms with van der Waals surface area (Å²) in [6, 6.07) is 5.78. The van der Waals surface area contributed by atoms with Crippen molar-refractivity contribution in [1.82, 2.24) is 0 Å². The maximum Gasteiger partial charge on any atom is 0.331 e. The fourth-order valence-electron chi connectivity index (χ4n) is 3.82. The van der Waals surface area contributed by atoms with Crippen molar-refractivity contribution < 1.29 is 19.4 Å². The molecule has 4 nitrogen and oxygen atoms in total. The number of hydrogen-bond acceptors (Lipinski definition) is 3. The second kappa shape index (κ2) is 5.54. The molecule has 0 saturated heterocycles. The zero-order valence-corrected chi connectivity index (χ0v) is 13.9. The van der Waals surface area contributed by atoms with E-state index in [2.05, 4.69) is 15.9 Å². The lowest BCUT2D eigenvalue weighted by molar-refractivity contribution is -0.148. The summed E-state index contributed by atoms with van der Waals surface area (Å²) in [4.78, 5) is 24.3. The van der Waals surface area contributed by atoms with E-state index in [1.807, 2.05) is 18.2 Å². The molecule has 2 aliphatic rings. The van der Waals surface area contributed by atoms with Crippen LogP contribution in [-0.2, 0) is 26.2 Å². The maximum atomic E-state index is 12.8. The first-order valence-electron chi connectivity index (χ1n) is 7.43. The zero-order chi connectivity index (χ0) is 15.9. The van der Waals surface area contributed by atoms with E-state index in [-0.39, 0.29) is 5.97 Å². The van der Waals surface area contributed by atoms with Crippen molar-refractivity contribution in [3.05, 3.63) is 44.9 Å². The van der Waals surface area contributed by atoms with Gasteiger partial charge in [0.2, 0.25) is 0 Å². The number of carboxylic acid groups (broad SMARTS) is 1. The molecule has 1 unspecified atom stereocenters. The maximum absolute atomic E-state index is 12.8. The third-order valence-corrected chi connectivity index (χ3v) is 5.46. The minimum atomic E-state index is -0.917. The molecule has 1 atom stereocenters. The lowest BCUT2D eigenvalue weighted by Gasteiger charge is -2.36. The Hall–Kier alpha value is -1.62. The molecule has 0 heterocycles. The molecule has 0 bridgehead atoms. The van der Waals surface area contributed by atoms with Crippen LogP contribution in [0.1, 0.15) is 37.3 Å². The Bertz CT molecular complexity index is 692. The van der Waals surface area contributed by atoms with Crippen molar-refractivity contribution >= 4 is 27.9 Å². The molecule has 0 amide bonds. The van der Waals surface area contributed by atoms with Gasteiger partial charge in [-0.2, -0.15) is 0 Å². The van der Waals surface area contributed by atoms with E-state index in [1.54, 1.807) is 6.92 Å². The predicted molar refractivity (Wildman–Crippen MR) is 84.7 cm³/mol. The molecule has 3 rings (SSSR count). The normalized spacial score (nSPS) is 23.0. The first-order valence-corrected chi connectivity index (χ1v) is 8.22. The first kappa shape index (κ1) is 15.3. The molecule has 1 aromatic carbocycles. The molecule has 5 heteroatoms. The largest absolute Gasteiger partial charge is 0.478 e. The number of esters is 1. The molecular formula is C17H17BrO4. The van der Waals surface area contributed by atoms with Crippen LogP contribution in [-0.4, -0.2) is 23.7 Å². The molecule has 0 spiro atoms. The Morgan fingerprint density at radius 3 is 2.77 bits per heavy atom. The quantitative estimate of drug-likeness (QED) is 0.835. The summed E-state index contributed by atoms with van der Waals surface area (Å²) in [7, 11) is 0. The molecule has 0 saturated carbocycles. The number of carbonyl (C=O) groups excluding carboxylic acids is 1. The van der Waals surface area contributed by atoms with Gasteiger partial charge in [0.25, 0.3) is 0 Å². The monoisotopic (exact) mass is 364 g/mol. The Balaban J connectivity index is 2.26. The van der Waals surface area contributed by atoms with E-state index >= 15 is 0 Å². The van der Waals surface area contributed by atoms with Crippen LogP contribution in [0, 0.1) is 0 Å². The molecule has 116 valence electrons. The van der Waals surface area contributed by atoms with Crippen molar-refractivity contribution in [2.24, 2.45) is 0 Å². The predicted octanol–water partition coefficient (Wildman–Crippen LogP) is 3.37. The summed E-state index contributed by atoms with van der Waals surface area (Å²) >= 11 is 3.55. The summed E-state index contributed by atoms with van der Waals surface area (Å²) < 4.78 is 6.30. The van der Waals surface area contributed by atoms with Crippen molar-refractivity contribution in [3.63, 3.8) is 0 Å². The summed E-state index contributed by atoms with van der Waals surface area (Å²) in [5.74, 6) is -1.24. The van der Waals surface area contributed by atoms with Crippen molar-refractivity contribution in [3.8, 4) is 0 Å². The SMILES string of the molecule is CCOC(=O)C12CCC(C(=O)O)=C1CCc1c(Br)cccc12. The minimum absolute atomic E-state index is 0.291. The van der Waals surface area contributed by atoms with Gasteiger partial charge in [-0.1, -0.05) is 28.1 Å². The summed E-state index contributed by atoms with van der Waals surface area (Å²) in [6.45, 7) is 2.06. The number of fused-ring (bicyclic) bond motifs is 3. The van der Waals surface area contributed by atoms with Crippen molar-refractivity contribution in [2.45, 2.75) is 38.0 Å². The van der Waals surface area contributed by atoms with Crippen molar-refractivity contribution in [2.75, 3.05) is 6.61 Å². The smallest absolute Gasteiger partial charge is 0.331 e. The highest BCUT2D eigenvalue weighted by molar-refractivity contribution is 9.10. The fourth-order valence-corrected chi connectivity index (χ4v) is 4.39. The summed E-state index contributed by atoms with van der Waals surface area (Å²) in [5.41, 5.74) is 2.20. The van der Waals surface area contributed by atoms with Gasteiger partial charge in [-0.05, 0) is 55.4 Å². The number of aliphatic carboxylic acids is 1. The van der Waals surface area contributed by atoms with Crippen LogP contribution in [0.3, 0.4) is 0 Å². The van der Waals surface area contributed by atoms with Gasteiger partial charge in [-0.25, -0.2) is 4.79 Å². The molecule has 0 radical (unpaired) electrons. The number of rotatable bonds is 3. The van der Waals surface area contributed by atoms with E-state index in [1.165, 1.54) is 0 Å². The number of halogens is 1. The highest BCUT2D eigenvalue weighted by atomic mass is 79.9. The average molecular weight is 365 g/mol. The third-order valence-electron chi connectivity index (χ3n) is 4.72. The van der Waals surface area contributed by atoms with Gasteiger partial charge in [0.15, 0.2) is 0 Å². The first-order chi connectivity index (χ1) is 10.5. The van der Waals surface area contributed by atoms with Gasteiger partial charge >= 0.3 is 11.9 Å². The Kier molecular flexibility index (Phi) is 3.85. The van der Waals surface area contributed by atoms with Crippen LogP contribution in [0.2, 0.25) is 0 Å². The molecule has 0 fully saturated rings. The highest BCUT2D eigenvalue weighted by Crippen LogP contribution is 2.53. The average Bonchev–Trinajstić information content (AvgIpc) is 2.89. The van der Waals surface area contributed by atoms with Crippen LogP contribution in [0.25, 0.3) is 0 Å². The standard InChI is InChI=1S/C17H17BrO4/c1-2-22-16(21)17-9-8-11(15(19)20)13(17)7-6-10-12(17)4-3-5-14(10)18/h3-5H,2,6-9H2,1H3,(H,19,20). The number of hydrogen-bond donors (Lipinski definition) is 1. The Morgan fingerprint density at radius 2 is 2.09 bits per heavy atom. The Morgan fingerprint density at radius 1 is 1.32 bits per heavy atom. The van der Waals surface area contributed by atoms with Gasteiger partial charge in [-0.3, -0.25) is 4.79 Å².